The summed E-state index contributed by atoms with van der Waals surface area (Å²) in [4.78, 5) is 12.2. The zero-order valence-electron chi connectivity index (χ0n) is 17.1. The molecule has 0 amide bonds. The van der Waals surface area contributed by atoms with E-state index in [4.69, 9.17) is 14.2 Å². The summed E-state index contributed by atoms with van der Waals surface area (Å²) in [5.74, 6) is -0.00961. The molecule has 31 heavy (non-hydrogen) atoms. The van der Waals surface area contributed by atoms with E-state index >= 15 is 0 Å². The van der Waals surface area contributed by atoms with Gasteiger partial charge in [0.05, 0.1) is 18.8 Å². The van der Waals surface area contributed by atoms with Crippen molar-refractivity contribution in [1.29, 1.82) is 5.26 Å². The van der Waals surface area contributed by atoms with Crippen LogP contribution in [0.3, 0.4) is 0 Å². The van der Waals surface area contributed by atoms with Crippen LogP contribution in [-0.4, -0.2) is 19.7 Å². The topological polar surface area (TPSA) is 68.5 Å². The van der Waals surface area contributed by atoms with E-state index in [-0.39, 0.29) is 23.5 Å². The molecule has 0 bridgehead atoms. The number of nitriles is 1. The van der Waals surface area contributed by atoms with Gasteiger partial charge in [-0.15, -0.1) is 0 Å². The Morgan fingerprint density at radius 2 is 1.81 bits per heavy atom. The van der Waals surface area contributed by atoms with Gasteiger partial charge in [-0.05, 0) is 48.9 Å². The average Bonchev–Trinajstić information content (AvgIpc) is 2.78. The molecule has 3 aromatic rings. The van der Waals surface area contributed by atoms with Gasteiger partial charge in [-0.3, -0.25) is 0 Å². The second kappa shape index (κ2) is 10.1. The van der Waals surface area contributed by atoms with Crippen LogP contribution in [0, 0.1) is 24.1 Å². The van der Waals surface area contributed by atoms with Gasteiger partial charge >= 0.3 is 5.97 Å². The van der Waals surface area contributed by atoms with Crippen molar-refractivity contribution in [3.8, 4) is 23.3 Å². The third-order valence-corrected chi connectivity index (χ3v) is 4.38. The first kappa shape index (κ1) is 21.6. The van der Waals surface area contributed by atoms with E-state index in [1.165, 1.54) is 25.3 Å². The third kappa shape index (κ3) is 5.71. The van der Waals surface area contributed by atoms with Crippen LogP contribution in [0.15, 0.2) is 66.7 Å². The molecule has 3 aromatic carbocycles. The zero-order chi connectivity index (χ0) is 22.2. The quantitative estimate of drug-likeness (QED) is 0.229. The number of rotatable bonds is 7. The Morgan fingerprint density at radius 3 is 2.48 bits per heavy atom. The second-order valence-corrected chi connectivity index (χ2v) is 6.64. The fourth-order valence-corrected chi connectivity index (χ4v) is 2.80. The van der Waals surface area contributed by atoms with Crippen molar-refractivity contribution in [3.05, 3.63) is 89.2 Å². The van der Waals surface area contributed by atoms with Crippen LogP contribution in [-0.2, 0) is 4.79 Å². The van der Waals surface area contributed by atoms with Gasteiger partial charge in [0.2, 0.25) is 0 Å². The molecular weight excluding hydrogens is 397 g/mol. The van der Waals surface area contributed by atoms with Gasteiger partial charge in [0.15, 0.2) is 18.1 Å². The maximum Gasteiger partial charge on any atom is 0.349 e. The molecule has 0 aromatic heterocycles. The van der Waals surface area contributed by atoms with Gasteiger partial charge in [-0.25, -0.2) is 9.18 Å². The van der Waals surface area contributed by atoms with E-state index in [2.05, 4.69) is 0 Å². The maximum atomic E-state index is 14.0. The number of ether oxygens (including phenoxy) is 3. The van der Waals surface area contributed by atoms with Crippen LogP contribution in [0.1, 0.15) is 16.7 Å². The van der Waals surface area contributed by atoms with Crippen molar-refractivity contribution in [1.82, 2.24) is 0 Å². The minimum atomic E-state index is -0.591. The zero-order valence-corrected chi connectivity index (χ0v) is 17.1. The van der Waals surface area contributed by atoms with Crippen LogP contribution in [0.4, 0.5) is 4.39 Å². The molecule has 0 N–H and O–H groups in total. The molecule has 0 aliphatic heterocycles. The number of allylic oxidation sites excluding steroid dienone is 1. The number of carbonyl (C=O) groups excluding carboxylic acids is 1. The summed E-state index contributed by atoms with van der Waals surface area (Å²) >= 11 is 0. The van der Waals surface area contributed by atoms with Crippen LogP contribution in [0.2, 0.25) is 0 Å². The summed E-state index contributed by atoms with van der Waals surface area (Å²) in [6.45, 7) is 1.69. The molecule has 0 fully saturated rings. The molecule has 0 atom stereocenters. The van der Waals surface area contributed by atoms with Gasteiger partial charge in [0.25, 0.3) is 0 Å². The molecule has 3 rings (SSSR count). The van der Waals surface area contributed by atoms with E-state index in [9.17, 15) is 14.4 Å². The highest BCUT2D eigenvalue weighted by atomic mass is 19.1. The monoisotopic (exact) mass is 417 g/mol. The lowest BCUT2D eigenvalue weighted by Crippen LogP contribution is -2.18. The molecular formula is C25H20FNO4. The van der Waals surface area contributed by atoms with Gasteiger partial charge in [-0.2, -0.15) is 5.26 Å². The number of methoxy groups -OCH3 is 1. The Kier molecular flexibility index (Phi) is 7.02. The molecule has 0 saturated carbocycles. The number of halogens is 1. The normalized spacial score (nSPS) is 10.8. The van der Waals surface area contributed by atoms with Crippen LogP contribution in [0.5, 0.6) is 17.2 Å². The maximum absolute atomic E-state index is 14.0. The molecule has 156 valence electrons. The lowest BCUT2D eigenvalue weighted by atomic mass is 10.0. The minimum Gasteiger partial charge on any atom is -0.493 e. The first-order valence-electron chi connectivity index (χ1n) is 9.45. The number of hydrogen-bond acceptors (Lipinski definition) is 5. The van der Waals surface area contributed by atoms with Crippen molar-refractivity contribution in [3.63, 3.8) is 0 Å². The Hall–Kier alpha value is -4.11. The number of esters is 1. The number of carbonyl (C=O) groups is 1. The molecule has 0 spiro atoms. The Balaban J connectivity index is 1.73. The van der Waals surface area contributed by atoms with Gasteiger partial charge in [0, 0.05) is 5.56 Å². The average molecular weight is 417 g/mol. The lowest BCUT2D eigenvalue weighted by molar-refractivity contribution is -0.136. The Bertz CT molecular complexity index is 1150. The summed E-state index contributed by atoms with van der Waals surface area (Å²) in [5.41, 5.74) is 2.04. The van der Waals surface area contributed by atoms with Crippen molar-refractivity contribution >= 4 is 17.6 Å². The molecule has 0 aliphatic rings. The van der Waals surface area contributed by atoms with E-state index in [1.54, 1.807) is 42.5 Å². The van der Waals surface area contributed by atoms with E-state index in [1.807, 2.05) is 25.1 Å². The molecule has 6 heteroatoms. The van der Waals surface area contributed by atoms with Crippen molar-refractivity contribution in [2.75, 3.05) is 13.7 Å². The van der Waals surface area contributed by atoms with Crippen LogP contribution < -0.4 is 14.2 Å². The SMILES string of the molecule is COc1cc(/C=C(/C#N)c2ccccc2F)ccc1OC(=O)COc1ccc(C)cc1. The standard InChI is InChI=1S/C25H20FNO4/c1-17-7-10-20(11-8-17)30-16-25(28)31-23-12-9-18(14-24(23)29-2)13-19(15-27)21-5-3-4-6-22(21)26/h3-14H,16H2,1-2H3/b19-13-. The highest BCUT2D eigenvalue weighted by Gasteiger charge is 2.13. The first-order valence-corrected chi connectivity index (χ1v) is 9.45. The molecule has 0 unspecified atom stereocenters. The molecule has 0 radical (unpaired) electrons. The molecule has 5 nitrogen and oxygen atoms in total. The van der Waals surface area contributed by atoms with Crippen LogP contribution >= 0.6 is 0 Å². The van der Waals surface area contributed by atoms with E-state index in [0.717, 1.165) is 5.56 Å². The summed E-state index contributed by atoms with van der Waals surface area (Å²) in [7, 11) is 1.44. The van der Waals surface area contributed by atoms with Crippen LogP contribution in [0.25, 0.3) is 11.6 Å². The van der Waals surface area contributed by atoms with Gasteiger partial charge < -0.3 is 14.2 Å². The fraction of sp³-hybridized carbons (Fsp3) is 0.120. The largest absolute Gasteiger partial charge is 0.493 e. The fourth-order valence-electron chi connectivity index (χ4n) is 2.80. The smallest absolute Gasteiger partial charge is 0.349 e. The minimum absolute atomic E-state index is 0.163. The number of hydrogen-bond donors (Lipinski definition) is 0. The molecule has 0 saturated heterocycles. The number of aryl methyl sites for hydroxylation is 1. The van der Waals surface area contributed by atoms with E-state index in [0.29, 0.717) is 17.1 Å². The summed E-state index contributed by atoms with van der Waals surface area (Å²) < 4.78 is 30.1. The number of benzene rings is 3. The highest BCUT2D eigenvalue weighted by molar-refractivity contribution is 5.90. The van der Waals surface area contributed by atoms with Crippen molar-refractivity contribution < 1.29 is 23.4 Å². The number of nitrogens with zero attached hydrogens (tertiary/aromatic N) is 1. The second-order valence-electron chi connectivity index (χ2n) is 6.64. The Morgan fingerprint density at radius 1 is 1.06 bits per heavy atom. The third-order valence-electron chi connectivity index (χ3n) is 4.38. The first-order chi connectivity index (χ1) is 15.0. The summed E-state index contributed by atoms with van der Waals surface area (Å²) in [6, 6.07) is 20.1. The summed E-state index contributed by atoms with van der Waals surface area (Å²) in [5, 5.41) is 9.43. The van der Waals surface area contributed by atoms with Crippen molar-refractivity contribution in [2.24, 2.45) is 0 Å². The lowest BCUT2D eigenvalue weighted by Gasteiger charge is -2.11. The molecule has 0 aliphatic carbocycles. The van der Waals surface area contributed by atoms with Gasteiger partial charge in [0.1, 0.15) is 11.6 Å². The predicted molar refractivity (Wildman–Crippen MR) is 115 cm³/mol. The highest BCUT2D eigenvalue weighted by Crippen LogP contribution is 2.30. The van der Waals surface area contributed by atoms with E-state index < -0.39 is 11.8 Å². The van der Waals surface area contributed by atoms with Crippen molar-refractivity contribution in [2.45, 2.75) is 6.92 Å². The molecule has 0 heterocycles. The summed E-state index contributed by atoms with van der Waals surface area (Å²) in [6.07, 6.45) is 1.53. The predicted octanol–water partition coefficient (Wildman–Crippen LogP) is 5.19. The Labute approximate surface area is 179 Å². The van der Waals surface area contributed by atoms with Gasteiger partial charge in [-0.1, -0.05) is 42.0 Å².